The maximum atomic E-state index is 14.8. The monoisotopic (exact) mass is 475 g/mol. The Hall–Kier alpha value is -2.30. The number of halogens is 2. The zero-order valence-electron chi connectivity index (χ0n) is 17.4. The minimum absolute atomic E-state index is 0.0659. The van der Waals surface area contributed by atoms with Crippen LogP contribution >= 0.6 is 22.9 Å². The van der Waals surface area contributed by atoms with E-state index in [2.05, 4.69) is 0 Å². The highest BCUT2D eigenvalue weighted by Gasteiger charge is 2.35. The SMILES string of the molecule is CCOC(=O)Cc1sc(F)c(N(C(C)=O)C(=O)C2=C(C(=O)OCOC)CCCC2)c1Cl. The third-order valence-electron chi connectivity index (χ3n) is 4.48. The Morgan fingerprint density at radius 1 is 1.13 bits per heavy atom. The lowest BCUT2D eigenvalue weighted by Gasteiger charge is -2.24. The van der Waals surface area contributed by atoms with Crippen LogP contribution < -0.4 is 4.90 Å². The summed E-state index contributed by atoms with van der Waals surface area (Å²) < 4.78 is 29.3. The van der Waals surface area contributed by atoms with Crippen molar-refractivity contribution in [1.82, 2.24) is 0 Å². The van der Waals surface area contributed by atoms with Crippen LogP contribution in [0.2, 0.25) is 5.02 Å². The maximum absolute atomic E-state index is 14.8. The molecule has 0 saturated carbocycles. The van der Waals surface area contributed by atoms with Crippen molar-refractivity contribution in [2.24, 2.45) is 0 Å². The molecule has 11 heteroatoms. The number of hydrogen-bond donors (Lipinski definition) is 0. The zero-order valence-corrected chi connectivity index (χ0v) is 19.0. The Kier molecular flexibility index (Phi) is 9.15. The largest absolute Gasteiger partial charge is 0.466 e. The van der Waals surface area contributed by atoms with Gasteiger partial charge in [0.1, 0.15) is 5.69 Å². The molecule has 1 aliphatic carbocycles. The topological polar surface area (TPSA) is 99.2 Å². The summed E-state index contributed by atoms with van der Waals surface area (Å²) >= 11 is 6.81. The van der Waals surface area contributed by atoms with Gasteiger partial charge in [-0.05, 0) is 32.6 Å². The number of carbonyl (C=O) groups is 4. The number of nitrogens with zero attached hydrogens (tertiary/aromatic N) is 1. The molecule has 0 unspecified atom stereocenters. The van der Waals surface area contributed by atoms with Gasteiger partial charge < -0.3 is 14.2 Å². The van der Waals surface area contributed by atoms with Gasteiger partial charge in [0.25, 0.3) is 5.91 Å². The summed E-state index contributed by atoms with van der Waals surface area (Å²) in [6.45, 7) is 2.57. The second-order valence-electron chi connectivity index (χ2n) is 6.61. The first-order valence-electron chi connectivity index (χ1n) is 9.58. The first kappa shape index (κ1) is 25.0. The molecular formula is C20H23ClFNO7S. The Labute approximate surface area is 187 Å². The molecule has 0 radical (unpaired) electrons. The number of ether oxygens (including phenoxy) is 3. The van der Waals surface area contributed by atoms with E-state index in [9.17, 15) is 23.6 Å². The molecule has 2 rings (SSSR count). The third kappa shape index (κ3) is 5.90. The van der Waals surface area contributed by atoms with Crippen molar-refractivity contribution in [2.75, 3.05) is 25.4 Å². The lowest BCUT2D eigenvalue weighted by atomic mass is 9.90. The molecule has 170 valence electrons. The van der Waals surface area contributed by atoms with E-state index in [1.54, 1.807) is 6.92 Å². The molecule has 2 amide bonds. The van der Waals surface area contributed by atoms with Crippen molar-refractivity contribution < 1.29 is 37.8 Å². The summed E-state index contributed by atoms with van der Waals surface area (Å²) in [5, 5.41) is -1.12. The van der Waals surface area contributed by atoms with Crippen molar-refractivity contribution in [2.45, 2.75) is 46.0 Å². The molecule has 0 saturated heterocycles. The van der Waals surface area contributed by atoms with Crippen LogP contribution in [0.3, 0.4) is 0 Å². The molecule has 0 spiro atoms. The number of carbonyl (C=O) groups excluding carboxylic acids is 4. The Morgan fingerprint density at radius 2 is 1.77 bits per heavy atom. The average Bonchev–Trinajstić information content (AvgIpc) is 2.99. The van der Waals surface area contributed by atoms with Gasteiger partial charge in [-0.3, -0.25) is 14.4 Å². The van der Waals surface area contributed by atoms with E-state index >= 15 is 0 Å². The normalized spacial score (nSPS) is 13.7. The van der Waals surface area contributed by atoms with Gasteiger partial charge in [0.2, 0.25) is 11.0 Å². The van der Waals surface area contributed by atoms with E-state index in [-0.39, 0.29) is 53.7 Å². The molecule has 8 nitrogen and oxygen atoms in total. The van der Waals surface area contributed by atoms with Crippen LogP contribution in [0.25, 0.3) is 0 Å². The van der Waals surface area contributed by atoms with Crippen molar-refractivity contribution in [3.63, 3.8) is 0 Å². The fraction of sp³-hybridized carbons (Fsp3) is 0.500. The van der Waals surface area contributed by atoms with E-state index in [1.807, 2.05) is 0 Å². The van der Waals surface area contributed by atoms with Crippen LogP contribution in [-0.4, -0.2) is 44.3 Å². The van der Waals surface area contributed by atoms with Gasteiger partial charge in [-0.2, -0.15) is 4.39 Å². The molecule has 0 atom stereocenters. The summed E-state index contributed by atoms with van der Waals surface area (Å²) in [7, 11) is 1.35. The van der Waals surface area contributed by atoms with Crippen molar-refractivity contribution in [3.8, 4) is 0 Å². The van der Waals surface area contributed by atoms with Crippen molar-refractivity contribution >= 4 is 52.4 Å². The van der Waals surface area contributed by atoms with Gasteiger partial charge >= 0.3 is 11.9 Å². The second kappa shape index (κ2) is 11.4. The summed E-state index contributed by atoms with van der Waals surface area (Å²) in [4.78, 5) is 50.5. The molecular weight excluding hydrogens is 453 g/mol. The number of hydrogen-bond acceptors (Lipinski definition) is 8. The Bertz CT molecular complexity index is 912. The molecule has 0 aliphatic heterocycles. The molecule has 0 N–H and O–H groups in total. The number of anilines is 1. The van der Waals surface area contributed by atoms with E-state index in [0.29, 0.717) is 29.1 Å². The van der Waals surface area contributed by atoms with E-state index in [1.165, 1.54) is 7.11 Å². The number of rotatable bonds is 8. The Morgan fingerprint density at radius 3 is 2.35 bits per heavy atom. The fourth-order valence-corrected chi connectivity index (χ4v) is 4.45. The van der Waals surface area contributed by atoms with E-state index < -0.39 is 34.6 Å². The number of amides is 2. The first-order valence-corrected chi connectivity index (χ1v) is 10.8. The smallest absolute Gasteiger partial charge is 0.336 e. The maximum Gasteiger partial charge on any atom is 0.336 e. The highest BCUT2D eigenvalue weighted by atomic mass is 35.5. The first-order chi connectivity index (χ1) is 14.7. The summed E-state index contributed by atoms with van der Waals surface area (Å²) in [6, 6.07) is 0. The Balaban J connectivity index is 2.46. The number of methoxy groups -OCH3 is 1. The highest BCUT2D eigenvalue weighted by molar-refractivity contribution is 7.11. The molecule has 31 heavy (non-hydrogen) atoms. The minimum atomic E-state index is -0.896. The molecule has 1 aromatic heterocycles. The van der Waals surface area contributed by atoms with E-state index in [0.717, 1.165) is 6.92 Å². The van der Waals surface area contributed by atoms with Crippen molar-refractivity contribution in [3.05, 3.63) is 26.2 Å². The van der Waals surface area contributed by atoms with Crippen LogP contribution in [0.5, 0.6) is 0 Å². The zero-order chi connectivity index (χ0) is 23.1. The summed E-state index contributed by atoms with van der Waals surface area (Å²) in [5.41, 5.74) is -0.250. The van der Waals surface area contributed by atoms with Crippen LogP contribution in [-0.2, 0) is 39.8 Å². The lowest BCUT2D eigenvalue weighted by Crippen LogP contribution is -2.38. The number of thiophene rings is 1. The standard InChI is InChI=1S/C20H23ClFNO7S/c1-4-29-15(25)9-14-16(21)17(18(22)31-14)23(11(2)24)19(26)12-7-5-6-8-13(12)20(27)30-10-28-3/h4-10H2,1-3H3. The fourth-order valence-electron chi connectivity index (χ4n) is 3.17. The van der Waals surface area contributed by atoms with Crippen LogP contribution in [0.1, 0.15) is 44.4 Å². The highest BCUT2D eigenvalue weighted by Crippen LogP contribution is 2.41. The molecule has 1 heterocycles. The predicted octanol–water partition coefficient (Wildman–Crippen LogP) is 3.54. The molecule has 1 aliphatic rings. The quantitative estimate of drug-likeness (QED) is 0.418. The summed E-state index contributed by atoms with van der Waals surface area (Å²) in [5.74, 6) is -2.98. The van der Waals surface area contributed by atoms with Gasteiger partial charge in [-0.25, -0.2) is 9.69 Å². The molecule has 0 bridgehead atoms. The third-order valence-corrected chi connectivity index (χ3v) is 5.97. The van der Waals surface area contributed by atoms with Crippen LogP contribution in [0.4, 0.5) is 10.1 Å². The van der Waals surface area contributed by atoms with Gasteiger partial charge in [0.05, 0.1) is 18.1 Å². The van der Waals surface area contributed by atoms with E-state index in [4.69, 9.17) is 25.8 Å². The molecule has 0 fully saturated rings. The number of esters is 2. The van der Waals surface area contributed by atoms with Crippen LogP contribution in [0.15, 0.2) is 11.1 Å². The summed E-state index contributed by atoms with van der Waals surface area (Å²) in [6.07, 6.45) is 1.47. The van der Waals surface area contributed by atoms with Gasteiger partial charge in [0.15, 0.2) is 6.79 Å². The van der Waals surface area contributed by atoms with Gasteiger partial charge in [-0.15, -0.1) is 11.3 Å². The minimum Gasteiger partial charge on any atom is -0.466 e. The molecule has 1 aromatic rings. The van der Waals surface area contributed by atoms with Gasteiger partial charge in [0, 0.05) is 30.1 Å². The lowest BCUT2D eigenvalue weighted by molar-refractivity contribution is -0.150. The van der Waals surface area contributed by atoms with Gasteiger partial charge in [-0.1, -0.05) is 11.6 Å². The average molecular weight is 476 g/mol. The van der Waals surface area contributed by atoms with Crippen molar-refractivity contribution in [1.29, 1.82) is 0 Å². The second-order valence-corrected chi connectivity index (χ2v) is 8.04. The van der Waals surface area contributed by atoms with Crippen LogP contribution in [0, 0.1) is 5.13 Å². The number of imide groups is 1. The molecule has 0 aromatic carbocycles. The predicted molar refractivity (Wildman–Crippen MR) is 111 cm³/mol.